The summed E-state index contributed by atoms with van der Waals surface area (Å²) in [5.41, 5.74) is 1.19. The van der Waals surface area contributed by atoms with Crippen molar-refractivity contribution in [1.82, 2.24) is 0 Å². The van der Waals surface area contributed by atoms with Crippen LogP contribution in [0.5, 0.6) is 0 Å². The maximum Gasteiger partial charge on any atom is 0.339 e. The minimum Gasteiger partial charge on any atom is -0.465 e. The molecule has 0 heterocycles. The molecule has 4 heteroatoms. The van der Waals surface area contributed by atoms with Crippen LogP contribution in [0.3, 0.4) is 0 Å². The van der Waals surface area contributed by atoms with Gasteiger partial charge in [-0.3, -0.25) is 0 Å². The summed E-state index contributed by atoms with van der Waals surface area (Å²) in [6.45, 7) is 5.74. The first-order valence-electron chi connectivity index (χ1n) is 5.83. The van der Waals surface area contributed by atoms with Crippen LogP contribution < -0.4 is 5.32 Å². The van der Waals surface area contributed by atoms with Crippen molar-refractivity contribution in [3.05, 3.63) is 41.4 Å². The standard InChI is InChI=1S/C14H18ClNO2/c1-4-5-6-10(2)16-13-9-11(15)7-8-12(13)14(17)18-3/h4,7-10,16H,1,5-6H2,2-3H3. The van der Waals surface area contributed by atoms with E-state index in [0.29, 0.717) is 16.3 Å². The summed E-state index contributed by atoms with van der Waals surface area (Å²) < 4.78 is 4.74. The zero-order chi connectivity index (χ0) is 13.5. The molecule has 0 aliphatic heterocycles. The molecule has 18 heavy (non-hydrogen) atoms. The average Bonchev–Trinajstić information content (AvgIpc) is 2.35. The monoisotopic (exact) mass is 267 g/mol. The van der Waals surface area contributed by atoms with E-state index in [2.05, 4.69) is 11.9 Å². The Bertz CT molecular complexity index is 432. The molecule has 0 amide bonds. The van der Waals surface area contributed by atoms with Gasteiger partial charge in [-0.15, -0.1) is 6.58 Å². The van der Waals surface area contributed by atoms with Crippen LogP contribution in [0.15, 0.2) is 30.9 Å². The van der Waals surface area contributed by atoms with Gasteiger partial charge in [-0.05, 0) is 38.0 Å². The highest BCUT2D eigenvalue weighted by molar-refractivity contribution is 6.31. The molecule has 0 aromatic heterocycles. The van der Waals surface area contributed by atoms with Gasteiger partial charge in [0.1, 0.15) is 0 Å². The van der Waals surface area contributed by atoms with Crippen molar-refractivity contribution in [1.29, 1.82) is 0 Å². The SMILES string of the molecule is C=CCCC(C)Nc1cc(Cl)ccc1C(=O)OC. The van der Waals surface area contributed by atoms with Crippen molar-refractivity contribution < 1.29 is 9.53 Å². The van der Waals surface area contributed by atoms with E-state index in [1.165, 1.54) is 7.11 Å². The van der Waals surface area contributed by atoms with E-state index in [0.717, 1.165) is 12.8 Å². The molecule has 1 unspecified atom stereocenters. The van der Waals surface area contributed by atoms with E-state index in [1.807, 2.05) is 13.0 Å². The highest BCUT2D eigenvalue weighted by Crippen LogP contribution is 2.23. The van der Waals surface area contributed by atoms with E-state index in [1.54, 1.807) is 18.2 Å². The molecule has 1 aromatic carbocycles. The number of hydrogen-bond acceptors (Lipinski definition) is 3. The summed E-state index contributed by atoms with van der Waals surface area (Å²) in [5, 5.41) is 3.85. The topological polar surface area (TPSA) is 38.3 Å². The summed E-state index contributed by atoms with van der Waals surface area (Å²) >= 11 is 5.94. The maximum absolute atomic E-state index is 11.6. The molecule has 1 rings (SSSR count). The quantitative estimate of drug-likeness (QED) is 0.628. The number of halogens is 1. The average molecular weight is 268 g/mol. The Morgan fingerprint density at radius 3 is 2.94 bits per heavy atom. The fourth-order valence-corrected chi connectivity index (χ4v) is 1.80. The molecule has 98 valence electrons. The van der Waals surface area contributed by atoms with E-state index in [9.17, 15) is 4.79 Å². The van der Waals surface area contributed by atoms with Crippen LogP contribution in [0.1, 0.15) is 30.1 Å². The van der Waals surface area contributed by atoms with Gasteiger partial charge < -0.3 is 10.1 Å². The van der Waals surface area contributed by atoms with Crippen LogP contribution in [-0.2, 0) is 4.74 Å². The van der Waals surface area contributed by atoms with Crippen molar-refractivity contribution in [3.8, 4) is 0 Å². The number of carbonyl (C=O) groups is 1. The summed E-state index contributed by atoms with van der Waals surface area (Å²) in [5.74, 6) is -0.370. The van der Waals surface area contributed by atoms with Crippen LogP contribution in [0.2, 0.25) is 5.02 Å². The molecule has 0 spiro atoms. The molecule has 0 aliphatic rings. The van der Waals surface area contributed by atoms with Crippen LogP contribution >= 0.6 is 11.6 Å². The Morgan fingerprint density at radius 1 is 1.61 bits per heavy atom. The molecule has 1 atom stereocenters. The number of benzene rings is 1. The highest BCUT2D eigenvalue weighted by atomic mass is 35.5. The van der Waals surface area contributed by atoms with Gasteiger partial charge in [0, 0.05) is 11.1 Å². The third-order valence-corrected chi connectivity index (χ3v) is 2.83. The van der Waals surface area contributed by atoms with Gasteiger partial charge in [-0.25, -0.2) is 4.79 Å². The highest BCUT2D eigenvalue weighted by Gasteiger charge is 2.13. The van der Waals surface area contributed by atoms with Crippen molar-refractivity contribution in [3.63, 3.8) is 0 Å². The molecule has 0 radical (unpaired) electrons. The first kappa shape index (κ1) is 14.6. The largest absolute Gasteiger partial charge is 0.465 e. The van der Waals surface area contributed by atoms with Crippen LogP contribution in [0.4, 0.5) is 5.69 Å². The molecular formula is C14H18ClNO2. The van der Waals surface area contributed by atoms with Crippen molar-refractivity contribution in [2.45, 2.75) is 25.8 Å². The number of esters is 1. The van der Waals surface area contributed by atoms with Crippen LogP contribution in [0, 0.1) is 0 Å². The third kappa shape index (κ3) is 4.08. The molecule has 0 fully saturated rings. The number of ether oxygens (including phenoxy) is 1. The van der Waals surface area contributed by atoms with Crippen LogP contribution in [0.25, 0.3) is 0 Å². The van der Waals surface area contributed by atoms with E-state index >= 15 is 0 Å². The smallest absolute Gasteiger partial charge is 0.339 e. The lowest BCUT2D eigenvalue weighted by Crippen LogP contribution is -2.17. The normalized spacial score (nSPS) is 11.7. The lowest BCUT2D eigenvalue weighted by molar-refractivity contribution is 0.0602. The van der Waals surface area contributed by atoms with E-state index in [4.69, 9.17) is 16.3 Å². The number of anilines is 1. The van der Waals surface area contributed by atoms with E-state index < -0.39 is 0 Å². The zero-order valence-corrected chi connectivity index (χ0v) is 11.5. The van der Waals surface area contributed by atoms with Gasteiger partial charge in [0.2, 0.25) is 0 Å². The lowest BCUT2D eigenvalue weighted by atomic mass is 10.1. The van der Waals surface area contributed by atoms with Gasteiger partial charge in [-0.1, -0.05) is 17.7 Å². The van der Waals surface area contributed by atoms with E-state index in [-0.39, 0.29) is 12.0 Å². The number of nitrogens with one attached hydrogen (secondary N) is 1. The predicted octanol–water partition coefficient (Wildman–Crippen LogP) is 3.89. The first-order valence-corrected chi connectivity index (χ1v) is 6.21. The second kappa shape index (κ2) is 7.07. The molecule has 1 N–H and O–H groups in total. The molecule has 0 saturated heterocycles. The van der Waals surface area contributed by atoms with Gasteiger partial charge in [0.15, 0.2) is 0 Å². The number of carbonyl (C=O) groups excluding carboxylic acids is 1. The lowest BCUT2D eigenvalue weighted by Gasteiger charge is -2.17. The Balaban J connectivity index is 2.88. The minimum absolute atomic E-state index is 0.227. The Morgan fingerprint density at radius 2 is 2.33 bits per heavy atom. The Hall–Kier alpha value is -1.48. The number of methoxy groups -OCH3 is 1. The molecule has 0 saturated carbocycles. The van der Waals surface area contributed by atoms with Crippen molar-refractivity contribution >= 4 is 23.3 Å². The predicted molar refractivity (Wildman–Crippen MR) is 75.3 cm³/mol. The zero-order valence-electron chi connectivity index (χ0n) is 10.7. The van der Waals surface area contributed by atoms with Gasteiger partial charge >= 0.3 is 5.97 Å². The summed E-state index contributed by atoms with van der Waals surface area (Å²) in [6, 6.07) is 5.30. The second-order valence-corrected chi connectivity index (χ2v) is 4.53. The fraction of sp³-hybridized carbons (Fsp3) is 0.357. The Labute approximate surface area is 113 Å². The van der Waals surface area contributed by atoms with Gasteiger partial charge in [0.05, 0.1) is 18.4 Å². The first-order chi connectivity index (χ1) is 8.58. The number of rotatable bonds is 6. The molecule has 1 aromatic rings. The number of allylic oxidation sites excluding steroid dienone is 1. The summed E-state index contributed by atoms with van der Waals surface area (Å²) in [4.78, 5) is 11.6. The molecule has 0 bridgehead atoms. The van der Waals surface area contributed by atoms with Crippen molar-refractivity contribution in [2.24, 2.45) is 0 Å². The number of hydrogen-bond donors (Lipinski definition) is 1. The third-order valence-electron chi connectivity index (χ3n) is 2.59. The Kier molecular flexibility index (Phi) is 5.72. The minimum atomic E-state index is -0.370. The summed E-state index contributed by atoms with van der Waals surface area (Å²) in [7, 11) is 1.36. The van der Waals surface area contributed by atoms with Crippen molar-refractivity contribution in [2.75, 3.05) is 12.4 Å². The van der Waals surface area contributed by atoms with Crippen LogP contribution in [-0.4, -0.2) is 19.1 Å². The maximum atomic E-state index is 11.6. The second-order valence-electron chi connectivity index (χ2n) is 4.09. The van der Waals surface area contributed by atoms with Gasteiger partial charge in [0.25, 0.3) is 0 Å². The molecular weight excluding hydrogens is 250 g/mol. The fourth-order valence-electron chi connectivity index (χ4n) is 1.63. The summed E-state index contributed by atoms with van der Waals surface area (Å²) in [6.07, 6.45) is 3.73. The van der Waals surface area contributed by atoms with Gasteiger partial charge in [-0.2, -0.15) is 0 Å². The molecule has 0 aliphatic carbocycles. The molecule has 3 nitrogen and oxygen atoms in total.